The molecular formula is C38H78O7. The van der Waals surface area contributed by atoms with Crippen LogP contribution >= 0.6 is 0 Å². The summed E-state index contributed by atoms with van der Waals surface area (Å²) in [5.41, 5.74) is 0. The van der Waals surface area contributed by atoms with Crippen molar-refractivity contribution >= 4 is 0 Å². The maximum atomic E-state index is 5.69. The SMILES string of the molecule is CCCCCCCCCCCCCCCCCCOCCOCCOCCOCCOCCOCCOCCCCCCCC. The average molecular weight is 647 g/mol. The number of hydrogen-bond donors (Lipinski definition) is 0. The van der Waals surface area contributed by atoms with Gasteiger partial charge in [-0.15, -0.1) is 0 Å². The highest BCUT2D eigenvalue weighted by Crippen LogP contribution is 2.13. The second-order valence-corrected chi connectivity index (χ2v) is 12.4. The number of unbranched alkanes of at least 4 members (excludes halogenated alkanes) is 20. The predicted octanol–water partition coefficient (Wildman–Crippen LogP) is 9.72. The highest BCUT2D eigenvalue weighted by molar-refractivity contribution is 4.50. The zero-order valence-electron chi connectivity index (χ0n) is 30.3. The van der Waals surface area contributed by atoms with Crippen LogP contribution in [0.2, 0.25) is 0 Å². The van der Waals surface area contributed by atoms with Crippen LogP contribution in [0.1, 0.15) is 155 Å². The third-order valence-corrected chi connectivity index (χ3v) is 8.02. The molecule has 0 aliphatic rings. The molecule has 0 atom stereocenters. The largest absolute Gasteiger partial charge is 0.379 e. The zero-order valence-corrected chi connectivity index (χ0v) is 30.3. The lowest BCUT2D eigenvalue weighted by molar-refractivity contribution is -0.0206. The summed E-state index contributed by atoms with van der Waals surface area (Å²) in [6.07, 6.45) is 30.1. The van der Waals surface area contributed by atoms with Gasteiger partial charge in [0.1, 0.15) is 0 Å². The summed E-state index contributed by atoms with van der Waals surface area (Å²) in [6.45, 7) is 13.4. The summed E-state index contributed by atoms with van der Waals surface area (Å²) in [7, 11) is 0. The monoisotopic (exact) mass is 647 g/mol. The summed E-state index contributed by atoms with van der Waals surface area (Å²) in [5, 5.41) is 0. The van der Waals surface area contributed by atoms with Gasteiger partial charge in [-0.1, -0.05) is 142 Å². The van der Waals surface area contributed by atoms with E-state index in [0.29, 0.717) is 79.3 Å². The molecule has 0 saturated carbocycles. The van der Waals surface area contributed by atoms with E-state index in [2.05, 4.69) is 13.8 Å². The molecule has 0 fully saturated rings. The molecule has 0 aromatic carbocycles. The van der Waals surface area contributed by atoms with Crippen molar-refractivity contribution in [2.24, 2.45) is 0 Å². The zero-order chi connectivity index (χ0) is 32.4. The second-order valence-electron chi connectivity index (χ2n) is 12.4. The molecule has 0 aromatic heterocycles. The minimum absolute atomic E-state index is 0.567. The number of rotatable bonds is 42. The normalized spacial score (nSPS) is 11.6. The average Bonchev–Trinajstić information content (AvgIpc) is 3.05. The summed E-state index contributed by atoms with van der Waals surface area (Å²) in [4.78, 5) is 0. The van der Waals surface area contributed by atoms with Crippen LogP contribution in [0.4, 0.5) is 0 Å². The molecule has 0 heterocycles. The topological polar surface area (TPSA) is 64.6 Å². The van der Waals surface area contributed by atoms with Gasteiger partial charge in [0.15, 0.2) is 0 Å². The highest BCUT2D eigenvalue weighted by atomic mass is 16.6. The molecule has 0 spiro atoms. The van der Waals surface area contributed by atoms with E-state index >= 15 is 0 Å². The first-order chi connectivity index (χ1) is 22.4. The molecule has 0 N–H and O–H groups in total. The Balaban J connectivity index is 3.03. The summed E-state index contributed by atoms with van der Waals surface area (Å²) >= 11 is 0. The van der Waals surface area contributed by atoms with E-state index in [-0.39, 0.29) is 0 Å². The van der Waals surface area contributed by atoms with Gasteiger partial charge in [0, 0.05) is 13.2 Å². The second kappa shape index (κ2) is 43.7. The van der Waals surface area contributed by atoms with Crippen molar-refractivity contribution in [2.45, 2.75) is 155 Å². The minimum atomic E-state index is 0.567. The van der Waals surface area contributed by atoms with Crippen LogP contribution in [0.5, 0.6) is 0 Å². The van der Waals surface area contributed by atoms with E-state index in [1.807, 2.05) is 0 Å². The number of ether oxygens (including phenoxy) is 7. The van der Waals surface area contributed by atoms with Gasteiger partial charge in [-0.3, -0.25) is 0 Å². The minimum Gasteiger partial charge on any atom is -0.379 e. The molecule has 0 radical (unpaired) electrons. The van der Waals surface area contributed by atoms with Crippen LogP contribution < -0.4 is 0 Å². The van der Waals surface area contributed by atoms with Crippen molar-refractivity contribution in [1.82, 2.24) is 0 Å². The predicted molar refractivity (Wildman–Crippen MR) is 189 cm³/mol. The molecule has 0 saturated heterocycles. The molecule has 0 bridgehead atoms. The Morgan fingerprint density at radius 2 is 0.333 bits per heavy atom. The molecule has 0 unspecified atom stereocenters. The van der Waals surface area contributed by atoms with Crippen LogP contribution in [0.25, 0.3) is 0 Å². The Labute approximate surface area is 280 Å². The molecule has 0 aromatic rings. The standard InChI is InChI=1S/C38H78O7/c1-3-5-7-9-11-12-13-14-15-16-17-18-19-20-22-24-26-40-28-30-42-32-34-44-36-38-45-37-35-43-33-31-41-29-27-39-25-23-21-10-8-6-4-2/h3-38H2,1-2H3. The smallest absolute Gasteiger partial charge is 0.0701 e. The lowest BCUT2D eigenvalue weighted by Gasteiger charge is -2.08. The quantitative estimate of drug-likeness (QED) is 0.0612. The molecule has 0 amide bonds. The molecule has 272 valence electrons. The first-order valence-electron chi connectivity index (χ1n) is 19.5. The summed E-state index contributed by atoms with van der Waals surface area (Å²) < 4.78 is 39.0. The van der Waals surface area contributed by atoms with Crippen molar-refractivity contribution in [1.29, 1.82) is 0 Å². The summed E-state index contributed by atoms with van der Waals surface area (Å²) in [6, 6.07) is 0. The van der Waals surface area contributed by atoms with E-state index in [1.165, 1.54) is 128 Å². The van der Waals surface area contributed by atoms with Crippen LogP contribution in [0.15, 0.2) is 0 Å². The molecular weight excluding hydrogens is 568 g/mol. The van der Waals surface area contributed by atoms with E-state index in [4.69, 9.17) is 33.2 Å². The molecule has 0 rings (SSSR count). The van der Waals surface area contributed by atoms with E-state index in [9.17, 15) is 0 Å². The Bertz CT molecular complexity index is 453. The first kappa shape index (κ1) is 44.7. The fourth-order valence-corrected chi connectivity index (χ4v) is 5.16. The highest BCUT2D eigenvalue weighted by Gasteiger charge is 1.97. The lowest BCUT2D eigenvalue weighted by Crippen LogP contribution is -2.14. The molecule has 0 aliphatic heterocycles. The van der Waals surface area contributed by atoms with Crippen LogP contribution in [-0.2, 0) is 33.2 Å². The van der Waals surface area contributed by atoms with Crippen molar-refractivity contribution in [3.63, 3.8) is 0 Å². The van der Waals surface area contributed by atoms with E-state index in [1.54, 1.807) is 0 Å². The van der Waals surface area contributed by atoms with Gasteiger partial charge in [0.25, 0.3) is 0 Å². The van der Waals surface area contributed by atoms with E-state index in [0.717, 1.165) is 26.1 Å². The van der Waals surface area contributed by atoms with Crippen molar-refractivity contribution in [3.8, 4) is 0 Å². The first-order valence-corrected chi connectivity index (χ1v) is 19.5. The summed E-state index contributed by atoms with van der Waals surface area (Å²) in [5.74, 6) is 0. The van der Waals surface area contributed by atoms with Gasteiger partial charge >= 0.3 is 0 Å². The third-order valence-electron chi connectivity index (χ3n) is 8.02. The van der Waals surface area contributed by atoms with Gasteiger partial charge in [-0.25, -0.2) is 0 Å². The third kappa shape index (κ3) is 43.7. The Morgan fingerprint density at radius 1 is 0.178 bits per heavy atom. The van der Waals surface area contributed by atoms with Gasteiger partial charge in [-0.05, 0) is 12.8 Å². The molecule has 45 heavy (non-hydrogen) atoms. The maximum Gasteiger partial charge on any atom is 0.0701 e. The Kier molecular flexibility index (Phi) is 43.4. The van der Waals surface area contributed by atoms with Crippen LogP contribution in [0.3, 0.4) is 0 Å². The fraction of sp³-hybridized carbons (Fsp3) is 1.00. The van der Waals surface area contributed by atoms with Crippen molar-refractivity contribution < 1.29 is 33.2 Å². The Hall–Kier alpha value is -0.280. The van der Waals surface area contributed by atoms with Crippen molar-refractivity contribution in [3.05, 3.63) is 0 Å². The van der Waals surface area contributed by atoms with E-state index < -0.39 is 0 Å². The lowest BCUT2D eigenvalue weighted by atomic mass is 10.0. The molecule has 7 heteroatoms. The van der Waals surface area contributed by atoms with Gasteiger partial charge in [0.2, 0.25) is 0 Å². The van der Waals surface area contributed by atoms with Crippen molar-refractivity contribution in [2.75, 3.05) is 92.5 Å². The van der Waals surface area contributed by atoms with Gasteiger partial charge < -0.3 is 33.2 Å². The maximum absolute atomic E-state index is 5.69. The van der Waals surface area contributed by atoms with Crippen LogP contribution in [-0.4, -0.2) is 92.5 Å². The molecule has 0 aliphatic carbocycles. The fourth-order valence-electron chi connectivity index (χ4n) is 5.16. The Morgan fingerprint density at radius 3 is 0.533 bits per heavy atom. The number of hydrogen-bond acceptors (Lipinski definition) is 7. The molecule has 7 nitrogen and oxygen atoms in total. The van der Waals surface area contributed by atoms with Crippen LogP contribution in [0, 0.1) is 0 Å². The van der Waals surface area contributed by atoms with Gasteiger partial charge in [0.05, 0.1) is 79.3 Å². The van der Waals surface area contributed by atoms with Gasteiger partial charge in [-0.2, -0.15) is 0 Å².